The summed E-state index contributed by atoms with van der Waals surface area (Å²) in [6, 6.07) is 26.3. The summed E-state index contributed by atoms with van der Waals surface area (Å²) in [5, 5.41) is 12.6. The summed E-state index contributed by atoms with van der Waals surface area (Å²) in [5.74, 6) is 0.0376. The lowest BCUT2D eigenvalue weighted by Gasteiger charge is -2.14. The van der Waals surface area contributed by atoms with E-state index in [4.69, 9.17) is 18.9 Å². The second-order valence-electron chi connectivity index (χ2n) is 8.59. The molecule has 190 valence electrons. The summed E-state index contributed by atoms with van der Waals surface area (Å²) in [5.41, 5.74) is 5.83. The van der Waals surface area contributed by atoms with Crippen LogP contribution in [0.2, 0.25) is 0 Å². The average molecular weight is 492 g/mol. The Bertz CT molecular complexity index is 1040. The van der Waals surface area contributed by atoms with Crippen molar-refractivity contribution < 1.29 is 28.8 Å². The van der Waals surface area contributed by atoms with Crippen LogP contribution < -0.4 is 5.32 Å². The third-order valence-electron chi connectivity index (χ3n) is 5.96. The van der Waals surface area contributed by atoms with Crippen LogP contribution in [0.5, 0.6) is 0 Å². The molecule has 7 nitrogen and oxygen atoms in total. The minimum atomic E-state index is -0.691. The van der Waals surface area contributed by atoms with Crippen LogP contribution in [0.15, 0.2) is 78.9 Å². The summed E-state index contributed by atoms with van der Waals surface area (Å²) in [6.45, 7) is 2.52. The number of benzene rings is 3. The zero-order valence-electron chi connectivity index (χ0n) is 20.3. The molecule has 36 heavy (non-hydrogen) atoms. The Hall–Kier alpha value is -3.23. The van der Waals surface area contributed by atoms with Gasteiger partial charge in [0.1, 0.15) is 12.7 Å². The van der Waals surface area contributed by atoms with E-state index in [0.29, 0.717) is 33.0 Å². The van der Waals surface area contributed by atoms with Gasteiger partial charge in [-0.1, -0.05) is 78.9 Å². The summed E-state index contributed by atoms with van der Waals surface area (Å²) >= 11 is 0. The predicted molar refractivity (Wildman–Crippen MR) is 137 cm³/mol. The number of carbonyl (C=O) groups is 1. The van der Waals surface area contributed by atoms with Crippen LogP contribution in [-0.4, -0.2) is 63.5 Å². The summed E-state index contributed by atoms with van der Waals surface area (Å²) in [7, 11) is 0. The molecule has 0 aliphatic heterocycles. The number of carbonyl (C=O) groups excluding carboxylic acids is 1. The average Bonchev–Trinajstić information content (AvgIpc) is 3.23. The van der Waals surface area contributed by atoms with Crippen LogP contribution in [-0.2, 0) is 25.6 Å². The highest BCUT2D eigenvalue weighted by molar-refractivity contribution is 5.79. The van der Waals surface area contributed by atoms with E-state index in [1.807, 2.05) is 54.6 Å². The van der Waals surface area contributed by atoms with Gasteiger partial charge in [-0.25, -0.2) is 4.79 Å². The van der Waals surface area contributed by atoms with Crippen LogP contribution in [0.1, 0.15) is 22.6 Å². The number of hydrogen-bond donors (Lipinski definition) is 2. The number of nitrogens with one attached hydrogen (secondary N) is 1. The number of aliphatic hydroxyl groups excluding tert-OH is 1. The first-order valence-corrected chi connectivity index (χ1v) is 12.3. The van der Waals surface area contributed by atoms with E-state index in [1.165, 1.54) is 22.3 Å². The Labute approximate surface area is 212 Å². The van der Waals surface area contributed by atoms with Crippen LogP contribution >= 0.6 is 0 Å². The lowest BCUT2D eigenvalue weighted by atomic mass is 9.98. The lowest BCUT2D eigenvalue weighted by Crippen LogP contribution is -2.29. The molecule has 1 amide bonds. The third-order valence-corrected chi connectivity index (χ3v) is 5.96. The Balaban J connectivity index is 1.03. The second kappa shape index (κ2) is 13.8. The molecule has 7 heteroatoms. The maximum absolute atomic E-state index is 12.2. The van der Waals surface area contributed by atoms with E-state index in [9.17, 15) is 9.90 Å². The van der Waals surface area contributed by atoms with Crippen LogP contribution in [0.4, 0.5) is 4.79 Å². The van der Waals surface area contributed by atoms with Gasteiger partial charge >= 0.3 is 6.09 Å². The number of rotatable bonds is 14. The summed E-state index contributed by atoms with van der Waals surface area (Å²) in [4.78, 5) is 12.2. The maximum atomic E-state index is 12.2. The fourth-order valence-electron chi connectivity index (χ4n) is 4.25. The number of ether oxygens (including phenoxy) is 4. The van der Waals surface area contributed by atoms with E-state index in [2.05, 4.69) is 29.6 Å². The van der Waals surface area contributed by atoms with Gasteiger partial charge in [0.05, 0.1) is 39.6 Å². The number of aliphatic hydroxyl groups is 1. The molecular weight excluding hydrogens is 458 g/mol. The minimum absolute atomic E-state index is 0.0376. The summed E-state index contributed by atoms with van der Waals surface area (Å²) < 4.78 is 21.9. The zero-order chi connectivity index (χ0) is 25.0. The molecule has 0 spiro atoms. The van der Waals surface area contributed by atoms with E-state index < -0.39 is 12.2 Å². The van der Waals surface area contributed by atoms with Gasteiger partial charge in [-0.15, -0.1) is 0 Å². The Kier molecular flexibility index (Phi) is 9.87. The van der Waals surface area contributed by atoms with Crippen LogP contribution in [0.3, 0.4) is 0 Å². The highest BCUT2D eigenvalue weighted by Crippen LogP contribution is 2.44. The molecular formula is C29H33NO6. The first kappa shape index (κ1) is 25.9. The molecule has 4 rings (SSSR count). The SMILES string of the molecule is O=C(NCCOCCOCC(O)COCc1ccccc1)OCC1c2ccccc2-c2ccccc21. The van der Waals surface area contributed by atoms with Gasteiger partial charge in [-0.05, 0) is 27.8 Å². The summed E-state index contributed by atoms with van der Waals surface area (Å²) in [6.07, 6.45) is -1.15. The van der Waals surface area contributed by atoms with Crippen LogP contribution in [0.25, 0.3) is 11.1 Å². The van der Waals surface area contributed by atoms with Gasteiger partial charge in [0.25, 0.3) is 0 Å². The smallest absolute Gasteiger partial charge is 0.407 e. The second-order valence-corrected chi connectivity index (χ2v) is 8.59. The molecule has 1 unspecified atom stereocenters. The van der Waals surface area contributed by atoms with Crippen molar-refractivity contribution in [1.82, 2.24) is 5.32 Å². The van der Waals surface area contributed by atoms with Crippen molar-refractivity contribution >= 4 is 6.09 Å². The van der Waals surface area contributed by atoms with Gasteiger partial charge in [0.2, 0.25) is 0 Å². The van der Waals surface area contributed by atoms with Crippen molar-refractivity contribution in [2.75, 3.05) is 46.2 Å². The molecule has 0 radical (unpaired) electrons. The molecule has 1 aliphatic rings. The minimum Gasteiger partial charge on any atom is -0.449 e. The first-order valence-electron chi connectivity index (χ1n) is 12.3. The molecule has 1 atom stereocenters. The first-order chi connectivity index (χ1) is 17.7. The normalized spacial score (nSPS) is 13.1. The van der Waals surface area contributed by atoms with E-state index in [1.54, 1.807) is 0 Å². The van der Waals surface area contributed by atoms with Gasteiger partial charge in [0, 0.05) is 12.5 Å². The monoisotopic (exact) mass is 491 g/mol. The number of alkyl carbamates (subject to hydrolysis) is 1. The third kappa shape index (κ3) is 7.38. The molecule has 2 N–H and O–H groups in total. The van der Waals surface area contributed by atoms with E-state index in [-0.39, 0.29) is 25.7 Å². The van der Waals surface area contributed by atoms with E-state index >= 15 is 0 Å². The van der Waals surface area contributed by atoms with Gasteiger partial charge in [0.15, 0.2) is 0 Å². The largest absolute Gasteiger partial charge is 0.449 e. The van der Waals surface area contributed by atoms with Gasteiger partial charge in [-0.2, -0.15) is 0 Å². The van der Waals surface area contributed by atoms with Crippen molar-refractivity contribution in [2.45, 2.75) is 18.6 Å². The molecule has 0 saturated heterocycles. The molecule has 0 aromatic heterocycles. The molecule has 0 fully saturated rings. The van der Waals surface area contributed by atoms with E-state index in [0.717, 1.165) is 5.56 Å². The van der Waals surface area contributed by atoms with Crippen molar-refractivity contribution in [1.29, 1.82) is 0 Å². The highest BCUT2D eigenvalue weighted by atomic mass is 16.6. The Morgan fingerprint density at radius 1 is 0.778 bits per heavy atom. The fraction of sp³-hybridized carbons (Fsp3) is 0.345. The molecule has 0 bridgehead atoms. The quantitative estimate of drug-likeness (QED) is 0.330. The lowest BCUT2D eigenvalue weighted by molar-refractivity contribution is -0.0351. The van der Waals surface area contributed by atoms with Crippen molar-refractivity contribution in [2.24, 2.45) is 0 Å². The fourth-order valence-corrected chi connectivity index (χ4v) is 4.25. The van der Waals surface area contributed by atoms with Gasteiger partial charge in [-0.3, -0.25) is 0 Å². The molecule has 3 aromatic rings. The number of hydrogen-bond acceptors (Lipinski definition) is 6. The van der Waals surface area contributed by atoms with Gasteiger partial charge < -0.3 is 29.4 Å². The zero-order valence-corrected chi connectivity index (χ0v) is 20.3. The number of amides is 1. The van der Waals surface area contributed by atoms with Crippen molar-refractivity contribution in [3.8, 4) is 11.1 Å². The molecule has 0 saturated carbocycles. The molecule has 1 aliphatic carbocycles. The molecule has 0 heterocycles. The Morgan fingerprint density at radius 2 is 1.39 bits per heavy atom. The molecule has 3 aromatic carbocycles. The topological polar surface area (TPSA) is 86.3 Å². The Morgan fingerprint density at radius 3 is 2.11 bits per heavy atom. The van der Waals surface area contributed by atoms with Crippen LogP contribution in [0, 0.1) is 0 Å². The highest BCUT2D eigenvalue weighted by Gasteiger charge is 2.28. The van der Waals surface area contributed by atoms with Crippen molar-refractivity contribution in [3.63, 3.8) is 0 Å². The predicted octanol–water partition coefficient (Wildman–Crippen LogP) is 4.14. The number of fused-ring (bicyclic) bond motifs is 3. The van der Waals surface area contributed by atoms with Crippen molar-refractivity contribution in [3.05, 3.63) is 95.6 Å². The standard InChI is InChI=1S/C29H33NO6/c31-23(20-35-18-22-8-2-1-3-9-22)19-34-17-16-33-15-14-30-29(32)36-21-28-26-12-6-4-10-24(26)25-11-5-7-13-27(25)28/h1-13,23,28,31H,14-21H2,(H,30,32). The maximum Gasteiger partial charge on any atom is 0.407 e.